The predicted molar refractivity (Wildman–Crippen MR) is 83.7 cm³/mol. The minimum Gasteiger partial charge on any atom is -0.494 e. The lowest BCUT2D eigenvalue weighted by molar-refractivity contribution is -0.0477. The van der Waals surface area contributed by atoms with Crippen LogP contribution in [0.15, 0.2) is 24.3 Å². The number of hydrogen-bond acceptors (Lipinski definition) is 4. The first-order valence-electron chi connectivity index (χ1n) is 7.55. The lowest BCUT2D eigenvalue weighted by Gasteiger charge is -2.19. The number of benzene rings is 1. The molecule has 0 aliphatic heterocycles. The van der Waals surface area contributed by atoms with E-state index in [1.165, 1.54) is 0 Å². The molecule has 0 bridgehead atoms. The van der Waals surface area contributed by atoms with E-state index >= 15 is 0 Å². The summed E-state index contributed by atoms with van der Waals surface area (Å²) in [5, 5.41) is 10.0. The Bertz CT molecular complexity index is 381. The monoisotopic (exact) mass is 296 g/mol. The Hall–Kier alpha value is -1.10. The highest BCUT2D eigenvalue weighted by Crippen LogP contribution is 2.18. The summed E-state index contributed by atoms with van der Waals surface area (Å²) >= 11 is 0. The van der Waals surface area contributed by atoms with Gasteiger partial charge in [0.25, 0.3) is 0 Å². The van der Waals surface area contributed by atoms with Gasteiger partial charge in [-0.3, -0.25) is 0 Å². The van der Waals surface area contributed by atoms with Crippen molar-refractivity contribution in [2.45, 2.75) is 45.8 Å². The standard InChI is InChI=1S/C17H28O4/c1-5-10-20-15-8-6-14(7-9-15)16(18)13-19-11-12-21-17(2,3)4/h6-9,16,18H,5,10-13H2,1-4H3. The number of aliphatic hydroxyl groups is 1. The van der Waals surface area contributed by atoms with Gasteiger partial charge in [0, 0.05) is 0 Å². The summed E-state index contributed by atoms with van der Waals surface area (Å²) in [5.74, 6) is 0.826. The molecule has 4 nitrogen and oxygen atoms in total. The SMILES string of the molecule is CCCOc1ccc(C(O)COCCOC(C)(C)C)cc1. The van der Waals surface area contributed by atoms with Gasteiger partial charge < -0.3 is 19.3 Å². The Morgan fingerprint density at radius 1 is 1.05 bits per heavy atom. The molecule has 1 rings (SSSR count). The summed E-state index contributed by atoms with van der Waals surface area (Å²) < 4.78 is 16.5. The highest BCUT2D eigenvalue weighted by Gasteiger charge is 2.10. The van der Waals surface area contributed by atoms with Crippen molar-refractivity contribution in [1.82, 2.24) is 0 Å². The second kappa shape index (κ2) is 9.03. The van der Waals surface area contributed by atoms with E-state index < -0.39 is 6.10 Å². The topological polar surface area (TPSA) is 47.9 Å². The maximum atomic E-state index is 10.0. The first-order chi connectivity index (χ1) is 9.92. The van der Waals surface area contributed by atoms with E-state index in [-0.39, 0.29) is 12.2 Å². The van der Waals surface area contributed by atoms with Gasteiger partial charge in [0.05, 0.1) is 32.0 Å². The fourth-order valence-electron chi connectivity index (χ4n) is 1.70. The quantitative estimate of drug-likeness (QED) is 0.710. The van der Waals surface area contributed by atoms with Crippen molar-refractivity contribution in [2.24, 2.45) is 0 Å². The molecule has 0 radical (unpaired) electrons. The number of hydrogen-bond donors (Lipinski definition) is 1. The molecule has 0 fully saturated rings. The molecule has 4 heteroatoms. The second-order valence-corrected chi connectivity index (χ2v) is 5.97. The molecule has 0 amide bonds. The average Bonchev–Trinajstić information content (AvgIpc) is 2.44. The van der Waals surface area contributed by atoms with Crippen LogP contribution in [-0.2, 0) is 9.47 Å². The second-order valence-electron chi connectivity index (χ2n) is 5.97. The van der Waals surface area contributed by atoms with Gasteiger partial charge in [-0.05, 0) is 44.9 Å². The van der Waals surface area contributed by atoms with E-state index in [4.69, 9.17) is 14.2 Å². The first-order valence-corrected chi connectivity index (χ1v) is 7.55. The molecule has 0 saturated carbocycles. The van der Waals surface area contributed by atoms with Crippen LogP contribution in [-0.4, -0.2) is 37.1 Å². The van der Waals surface area contributed by atoms with Crippen LogP contribution in [0.25, 0.3) is 0 Å². The molecule has 0 heterocycles. The first kappa shape index (κ1) is 18.0. The summed E-state index contributed by atoms with van der Waals surface area (Å²) in [6.45, 7) is 10.1. The number of aliphatic hydroxyl groups excluding tert-OH is 1. The van der Waals surface area contributed by atoms with Crippen LogP contribution < -0.4 is 4.74 Å². The predicted octanol–water partition coefficient (Wildman–Crippen LogP) is 3.34. The third-order valence-electron chi connectivity index (χ3n) is 2.78. The molecule has 1 N–H and O–H groups in total. The van der Waals surface area contributed by atoms with Gasteiger partial charge in [-0.15, -0.1) is 0 Å². The fraction of sp³-hybridized carbons (Fsp3) is 0.647. The molecular formula is C17H28O4. The van der Waals surface area contributed by atoms with Crippen LogP contribution in [0.5, 0.6) is 5.75 Å². The third kappa shape index (κ3) is 8.05. The van der Waals surface area contributed by atoms with E-state index in [0.29, 0.717) is 19.8 Å². The third-order valence-corrected chi connectivity index (χ3v) is 2.78. The maximum absolute atomic E-state index is 10.0. The molecule has 1 unspecified atom stereocenters. The highest BCUT2D eigenvalue weighted by molar-refractivity contribution is 5.28. The van der Waals surface area contributed by atoms with E-state index in [1.54, 1.807) is 0 Å². The van der Waals surface area contributed by atoms with Crippen LogP contribution in [0, 0.1) is 0 Å². The zero-order valence-electron chi connectivity index (χ0n) is 13.6. The normalized spacial score (nSPS) is 13.2. The van der Waals surface area contributed by atoms with Crippen molar-refractivity contribution >= 4 is 0 Å². The van der Waals surface area contributed by atoms with Gasteiger partial charge in [0.2, 0.25) is 0 Å². The van der Waals surface area contributed by atoms with E-state index in [2.05, 4.69) is 6.92 Å². The zero-order valence-corrected chi connectivity index (χ0v) is 13.6. The van der Waals surface area contributed by atoms with Crippen LogP contribution in [0.3, 0.4) is 0 Å². The van der Waals surface area contributed by atoms with Crippen LogP contribution in [0.4, 0.5) is 0 Å². The molecule has 21 heavy (non-hydrogen) atoms. The summed E-state index contributed by atoms with van der Waals surface area (Å²) in [5.41, 5.74) is 0.673. The van der Waals surface area contributed by atoms with Crippen molar-refractivity contribution in [3.63, 3.8) is 0 Å². The summed E-state index contributed by atoms with van der Waals surface area (Å²) in [6, 6.07) is 7.48. The Kier molecular flexibility index (Phi) is 7.72. The van der Waals surface area contributed by atoms with E-state index in [1.807, 2.05) is 45.0 Å². The number of rotatable bonds is 9. The molecule has 120 valence electrons. The molecule has 1 atom stereocenters. The Labute approximate surface area is 128 Å². The maximum Gasteiger partial charge on any atom is 0.119 e. The number of ether oxygens (including phenoxy) is 3. The lowest BCUT2D eigenvalue weighted by Crippen LogP contribution is -2.22. The minimum atomic E-state index is -0.625. The Morgan fingerprint density at radius 2 is 1.71 bits per heavy atom. The summed E-state index contributed by atoms with van der Waals surface area (Å²) in [6.07, 6.45) is 0.356. The van der Waals surface area contributed by atoms with E-state index in [0.717, 1.165) is 17.7 Å². The molecule has 1 aromatic carbocycles. The van der Waals surface area contributed by atoms with Gasteiger partial charge in [0.15, 0.2) is 0 Å². The van der Waals surface area contributed by atoms with Crippen molar-refractivity contribution < 1.29 is 19.3 Å². The lowest BCUT2D eigenvalue weighted by atomic mass is 10.1. The average molecular weight is 296 g/mol. The molecule has 0 aromatic heterocycles. The molecule has 0 aliphatic carbocycles. The fourth-order valence-corrected chi connectivity index (χ4v) is 1.70. The van der Waals surface area contributed by atoms with Crippen molar-refractivity contribution in [1.29, 1.82) is 0 Å². The van der Waals surface area contributed by atoms with Crippen molar-refractivity contribution in [3.8, 4) is 5.75 Å². The van der Waals surface area contributed by atoms with Gasteiger partial charge in [-0.25, -0.2) is 0 Å². The Balaban J connectivity index is 2.27. The Morgan fingerprint density at radius 3 is 2.29 bits per heavy atom. The van der Waals surface area contributed by atoms with E-state index in [9.17, 15) is 5.11 Å². The summed E-state index contributed by atoms with van der Waals surface area (Å²) in [4.78, 5) is 0. The molecule has 0 aliphatic rings. The van der Waals surface area contributed by atoms with Crippen molar-refractivity contribution in [2.75, 3.05) is 26.4 Å². The van der Waals surface area contributed by atoms with Crippen LogP contribution in [0.1, 0.15) is 45.8 Å². The minimum absolute atomic E-state index is 0.156. The van der Waals surface area contributed by atoms with Crippen LogP contribution in [0.2, 0.25) is 0 Å². The molecular weight excluding hydrogens is 268 g/mol. The molecule has 1 aromatic rings. The van der Waals surface area contributed by atoms with Gasteiger partial charge in [-0.2, -0.15) is 0 Å². The highest BCUT2D eigenvalue weighted by atomic mass is 16.5. The van der Waals surface area contributed by atoms with Gasteiger partial charge in [0.1, 0.15) is 11.9 Å². The van der Waals surface area contributed by atoms with Gasteiger partial charge in [-0.1, -0.05) is 19.1 Å². The zero-order chi connectivity index (χ0) is 15.7. The smallest absolute Gasteiger partial charge is 0.119 e. The van der Waals surface area contributed by atoms with Crippen molar-refractivity contribution in [3.05, 3.63) is 29.8 Å². The molecule has 0 saturated heterocycles. The van der Waals surface area contributed by atoms with Gasteiger partial charge >= 0.3 is 0 Å². The summed E-state index contributed by atoms with van der Waals surface area (Å²) in [7, 11) is 0. The van der Waals surface area contributed by atoms with Crippen LogP contribution >= 0.6 is 0 Å². The molecule has 0 spiro atoms. The largest absolute Gasteiger partial charge is 0.494 e.